The van der Waals surface area contributed by atoms with Gasteiger partial charge in [-0.25, -0.2) is 0 Å². The Labute approximate surface area is 215 Å². The van der Waals surface area contributed by atoms with Crippen LogP contribution in [-0.4, -0.2) is 103 Å². The van der Waals surface area contributed by atoms with Crippen molar-refractivity contribution in [2.24, 2.45) is 0 Å². The van der Waals surface area contributed by atoms with E-state index in [1.165, 1.54) is 24.3 Å². The molecular formula is C22H24N2O13S. The van der Waals surface area contributed by atoms with Crippen LogP contribution in [0.3, 0.4) is 0 Å². The van der Waals surface area contributed by atoms with Gasteiger partial charge in [-0.2, -0.15) is 8.42 Å². The maximum absolute atomic E-state index is 12.2. The molecule has 0 radical (unpaired) electrons. The molecule has 0 heterocycles. The third kappa shape index (κ3) is 7.62. The summed E-state index contributed by atoms with van der Waals surface area (Å²) in [5.41, 5.74) is -0.784. The van der Waals surface area contributed by atoms with Gasteiger partial charge in [0.2, 0.25) is 0 Å². The van der Waals surface area contributed by atoms with Crippen molar-refractivity contribution in [1.82, 2.24) is 9.80 Å². The first-order valence-electron chi connectivity index (χ1n) is 10.6. The number of phenolic OH excluding ortho intramolecular Hbond substituents is 2. The lowest BCUT2D eigenvalue weighted by Gasteiger charge is -2.33. The highest BCUT2D eigenvalue weighted by Crippen LogP contribution is 2.32. The minimum absolute atomic E-state index is 0.181. The molecule has 38 heavy (non-hydrogen) atoms. The van der Waals surface area contributed by atoms with E-state index in [2.05, 4.69) is 0 Å². The number of aliphatic carboxylic acids is 4. The minimum atomic E-state index is -4.85. The van der Waals surface area contributed by atoms with Gasteiger partial charge in [-0.3, -0.25) is 33.5 Å². The molecule has 15 nitrogen and oxygen atoms in total. The van der Waals surface area contributed by atoms with Crippen LogP contribution >= 0.6 is 0 Å². The average molecular weight is 557 g/mol. The van der Waals surface area contributed by atoms with Crippen LogP contribution in [0.2, 0.25) is 0 Å². The zero-order chi connectivity index (χ0) is 28.8. The molecule has 0 aliphatic rings. The number of rotatable bonds is 14. The number of carboxylic acids is 4. The predicted molar refractivity (Wildman–Crippen MR) is 125 cm³/mol. The van der Waals surface area contributed by atoms with E-state index >= 15 is 0 Å². The molecule has 0 spiro atoms. The second kappa shape index (κ2) is 12.3. The maximum Gasteiger partial charge on any atom is 0.325 e. The van der Waals surface area contributed by atoms with E-state index < -0.39 is 94.2 Å². The molecule has 0 aromatic heterocycles. The lowest BCUT2D eigenvalue weighted by atomic mass is 10.0. The van der Waals surface area contributed by atoms with E-state index in [-0.39, 0.29) is 5.56 Å². The highest BCUT2D eigenvalue weighted by atomic mass is 32.2. The Morgan fingerprint density at radius 2 is 1.16 bits per heavy atom. The van der Waals surface area contributed by atoms with Gasteiger partial charge in [0.25, 0.3) is 10.1 Å². The maximum atomic E-state index is 12.2. The monoisotopic (exact) mass is 556 g/mol. The van der Waals surface area contributed by atoms with E-state index in [1.54, 1.807) is 0 Å². The number of carboxylic acid groups (broad SMARTS) is 4. The van der Waals surface area contributed by atoms with Gasteiger partial charge in [-0.05, 0) is 24.3 Å². The van der Waals surface area contributed by atoms with Gasteiger partial charge in [0, 0.05) is 24.2 Å². The van der Waals surface area contributed by atoms with Gasteiger partial charge in [-0.15, -0.1) is 0 Å². The van der Waals surface area contributed by atoms with E-state index in [0.717, 1.165) is 21.9 Å². The zero-order valence-corrected chi connectivity index (χ0v) is 20.2. The van der Waals surface area contributed by atoms with Crippen LogP contribution in [0.1, 0.15) is 23.2 Å². The van der Waals surface area contributed by atoms with Gasteiger partial charge < -0.3 is 30.6 Å². The number of nitrogens with zero attached hydrogens (tertiary/aromatic N) is 2. The van der Waals surface area contributed by atoms with Crippen molar-refractivity contribution < 1.29 is 62.8 Å². The standard InChI is InChI=1S/C22H24N2O13S/c25-15-4-2-1-3-13(15)19(21(31)32)23(10-17(27)28)7-8-24(11-18(29)30)20(22(33)34)14-9-12(38(35,36)37)5-6-16(14)26/h1-6,9,19-20,25-26H,7-8,10-11H2,(H,27,28)(H,29,30)(H,31,32)(H,33,34)(H,35,36,37). The summed E-state index contributed by atoms with van der Waals surface area (Å²) in [7, 11) is -4.85. The van der Waals surface area contributed by atoms with Gasteiger partial charge in [0.1, 0.15) is 23.6 Å². The smallest absolute Gasteiger partial charge is 0.325 e. The molecule has 0 aliphatic heterocycles. The molecule has 0 saturated carbocycles. The molecule has 2 unspecified atom stereocenters. The molecule has 0 aliphatic carbocycles. The summed E-state index contributed by atoms with van der Waals surface area (Å²) in [6.07, 6.45) is 0. The molecule has 0 fully saturated rings. The number of hydrogen-bond donors (Lipinski definition) is 7. The normalized spacial score (nSPS) is 13.2. The van der Waals surface area contributed by atoms with E-state index in [9.17, 15) is 62.8 Å². The van der Waals surface area contributed by atoms with Crippen LogP contribution in [0.25, 0.3) is 0 Å². The average Bonchev–Trinajstić information content (AvgIpc) is 2.78. The molecule has 2 aromatic rings. The number of hydrogen-bond acceptors (Lipinski definition) is 10. The van der Waals surface area contributed by atoms with E-state index in [4.69, 9.17) is 0 Å². The van der Waals surface area contributed by atoms with Crippen molar-refractivity contribution in [1.29, 1.82) is 0 Å². The summed E-state index contributed by atoms with van der Waals surface area (Å²) in [4.78, 5) is 48.1. The Hall–Kier alpha value is -4.25. The number of carbonyl (C=O) groups is 4. The van der Waals surface area contributed by atoms with Gasteiger partial charge >= 0.3 is 23.9 Å². The van der Waals surface area contributed by atoms with Crippen molar-refractivity contribution in [3.8, 4) is 11.5 Å². The van der Waals surface area contributed by atoms with Crippen molar-refractivity contribution in [2.45, 2.75) is 17.0 Å². The van der Waals surface area contributed by atoms with Crippen molar-refractivity contribution in [3.05, 3.63) is 53.6 Å². The first-order chi connectivity index (χ1) is 17.6. The van der Waals surface area contributed by atoms with Crippen molar-refractivity contribution in [3.63, 3.8) is 0 Å². The number of benzene rings is 2. The molecular weight excluding hydrogens is 532 g/mol. The summed E-state index contributed by atoms with van der Waals surface area (Å²) in [5.74, 6) is -7.56. The molecule has 16 heteroatoms. The lowest BCUT2D eigenvalue weighted by molar-refractivity contribution is -0.150. The molecule has 0 amide bonds. The largest absolute Gasteiger partial charge is 0.508 e. The van der Waals surface area contributed by atoms with Crippen LogP contribution in [0, 0.1) is 0 Å². The van der Waals surface area contributed by atoms with Gasteiger partial charge in [-0.1, -0.05) is 18.2 Å². The second-order valence-electron chi connectivity index (χ2n) is 7.96. The first-order valence-corrected chi connectivity index (χ1v) is 12.0. The quantitative estimate of drug-likeness (QED) is 0.152. The highest BCUT2D eigenvalue weighted by molar-refractivity contribution is 7.85. The minimum Gasteiger partial charge on any atom is -0.508 e. The predicted octanol–water partition coefficient (Wildman–Crippen LogP) is 0.0693. The summed E-state index contributed by atoms with van der Waals surface area (Å²) in [6.45, 7) is -3.09. The van der Waals surface area contributed by atoms with E-state index in [1.807, 2.05) is 0 Å². The van der Waals surface area contributed by atoms with Crippen LogP contribution in [-0.2, 0) is 29.3 Å². The molecule has 7 N–H and O–H groups in total. The number of phenols is 2. The molecule has 2 aromatic carbocycles. The Bertz CT molecular complexity index is 1330. The summed E-state index contributed by atoms with van der Waals surface area (Å²) < 4.78 is 32.4. The molecule has 2 atom stereocenters. The second-order valence-corrected chi connectivity index (χ2v) is 9.39. The Morgan fingerprint density at radius 1 is 0.711 bits per heavy atom. The van der Waals surface area contributed by atoms with Crippen LogP contribution in [0.5, 0.6) is 11.5 Å². The summed E-state index contributed by atoms with van der Waals surface area (Å²) in [5, 5.41) is 58.7. The van der Waals surface area contributed by atoms with Gasteiger partial charge in [0.05, 0.1) is 18.0 Å². The number of para-hydroxylation sites is 1. The Kier molecular flexibility index (Phi) is 9.72. The molecule has 0 saturated heterocycles. The zero-order valence-electron chi connectivity index (χ0n) is 19.4. The highest BCUT2D eigenvalue weighted by Gasteiger charge is 2.35. The van der Waals surface area contributed by atoms with Gasteiger partial charge in [0.15, 0.2) is 0 Å². The topological polar surface area (TPSA) is 251 Å². The SMILES string of the molecule is O=C(O)CN(CCN(CC(=O)O)C(C(=O)O)c1cc(S(=O)(=O)O)ccc1O)C(C(=O)O)c1ccccc1O. The molecule has 2 rings (SSSR count). The number of aromatic hydroxyl groups is 2. The fourth-order valence-corrected chi connectivity index (χ4v) is 4.32. The Balaban J connectivity index is 2.55. The first kappa shape index (κ1) is 30.0. The fourth-order valence-electron chi connectivity index (χ4n) is 3.81. The summed E-state index contributed by atoms with van der Waals surface area (Å²) >= 11 is 0. The van der Waals surface area contributed by atoms with E-state index in [0.29, 0.717) is 6.07 Å². The third-order valence-electron chi connectivity index (χ3n) is 5.37. The molecule has 0 bridgehead atoms. The lowest BCUT2D eigenvalue weighted by Crippen LogP contribution is -2.46. The van der Waals surface area contributed by atoms with Crippen molar-refractivity contribution in [2.75, 3.05) is 26.2 Å². The molecule has 206 valence electrons. The fraction of sp³-hybridized carbons (Fsp3) is 0.273. The third-order valence-corrected chi connectivity index (χ3v) is 6.22. The van der Waals surface area contributed by atoms with Crippen molar-refractivity contribution >= 4 is 34.0 Å². The summed E-state index contributed by atoms with van der Waals surface area (Å²) in [6, 6.07) is 3.64. The van der Waals surface area contributed by atoms with Crippen LogP contribution < -0.4 is 0 Å². The van der Waals surface area contributed by atoms with Crippen LogP contribution in [0.15, 0.2) is 47.4 Å². The Morgan fingerprint density at radius 3 is 1.58 bits per heavy atom. The van der Waals surface area contributed by atoms with Crippen LogP contribution in [0.4, 0.5) is 0 Å².